The van der Waals surface area contributed by atoms with Gasteiger partial charge in [0.1, 0.15) is 0 Å². The first kappa shape index (κ1) is 14.6. The number of anilines is 1. The second kappa shape index (κ2) is 5.92. The molecule has 2 heterocycles. The molecule has 0 bridgehead atoms. The standard InChI is InChI=1S/C17H18N6O/c18-12-5-6-13-11(9-12)3-1-4-14(13)20-16(24)10-15-21-17-19-7-2-8-23(17)22-15/h2,5-9,14H,1,3-4,10,18H2,(H,20,24). The highest BCUT2D eigenvalue weighted by atomic mass is 16.1. The van der Waals surface area contributed by atoms with Gasteiger partial charge in [0.25, 0.3) is 5.78 Å². The Kier molecular flexibility index (Phi) is 3.60. The largest absolute Gasteiger partial charge is 0.399 e. The van der Waals surface area contributed by atoms with E-state index in [0.717, 1.165) is 30.5 Å². The van der Waals surface area contributed by atoms with Crippen LogP contribution in [0.15, 0.2) is 36.7 Å². The van der Waals surface area contributed by atoms with E-state index in [1.54, 1.807) is 23.0 Å². The number of carbonyl (C=O) groups is 1. The minimum absolute atomic E-state index is 0.0250. The molecule has 1 aromatic carbocycles. The van der Waals surface area contributed by atoms with E-state index in [9.17, 15) is 4.79 Å². The molecule has 7 heteroatoms. The van der Waals surface area contributed by atoms with Crippen molar-refractivity contribution in [3.05, 3.63) is 53.6 Å². The molecular formula is C17H18N6O. The Bertz CT molecular complexity index is 870. The Labute approximate surface area is 138 Å². The van der Waals surface area contributed by atoms with Crippen LogP contribution in [0.5, 0.6) is 0 Å². The first-order chi connectivity index (χ1) is 11.7. The third-order valence-corrected chi connectivity index (χ3v) is 4.30. The first-order valence-corrected chi connectivity index (χ1v) is 8.03. The zero-order chi connectivity index (χ0) is 16.5. The van der Waals surface area contributed by atoms with Gasteiger partial charge >= 0.3 is 0 Å². The Morgan fingerprint density at radius 1 is 1.42 bits per heavy atom. The fourth-order valence-corrected chi connectivity index (χ4v) is 3.22. The van der Waals surface area contributed by atoms with Crippen LogP contribution in [0, 0.1) is 0 Å². The molecule has 1 unspecified atom stereocenters. The molecule has 4 rings (SSSR count). The van der Waals surface area contributed by atoms with Crippen molar-refractivity contribution in [2.75, 3.05) is 5.73 Å². The maximum atomic E-state index is 12.4. The maximum absolute atomic E-state index is 12.4. The van der Waals surface area contributed by atoms with Crippen molar-refractivity contribution in [2.45, 2.75) is 31.7 Å². The second-order valence-electron chi connectivity index (χ2n) is 6.04. The van der Waals surface area contributed by atoms with Gasteiger partial charge in [-0.3, -0.25) is 4.79 Å². The molecule has 0 aliphatic heterocycles. The summed E-state index contributed by atoms with van der Waals surface area (Å²) in [4.78, 5) is 20.8. The van der Waals surface area contributed by atoms with Gasteiger partial charge in [0, 0.05) is 18.1 Å². The number of hydrogen-bond donors (Lipinski definition) is 2. The molecule has 1 aliphatic rings. The zero-order valence-corrected chi connectivity index (χ0v) is 13.1. The monoisotopic (exact) mass is 322 g/mol. The molecule has 0 spiro atoms. The van der Waals surface area contributed by atoms with Crippen LogP contribution in [-0.4, -0.2) is 25.5 Å². The number of carbonyl (C=O) groups excluding carboxylic acids is 1. The molecule has 0 saturated carbocycles. The number of rotatable bonds is 3. The fraction of sp³-hybridized carbons (Fsp3) is 0.294. The average molecular weight is 322 g/mol. The minimum Gasteiger partial charge on any atom is -0.399 e. The number of fused-ring (bicyclic) bond motifs is 2. The van der Waals surface area contributed by atoms with Crippen LogP contribution < -0.4 is 11.1 Å². The van der Waals surface area contributed by atoms with Gasteiger partial charge in [0.15, 0.2) is 5.82 Å². The van der Waals surface area contributed by atoms with Crippen LogP contribution in [0.3, 0.4) is 0 Å². The van der Waals surface area contributed by atoms with Gasteiger partial charge in [-0.25, -0.2) is 9.50 Å². The highest BCUT2D eigenvalue weighted by molar-refractivity contribution is 5.78. The lowest BCUT2D eigenvalue weighted by molar-refractivity contribution is -0.121. The third-order valence-electron chi connectivity index (χ3n) is 4.30. The predicted octanol–water partition coefficient (Wildman–Crippen LogP) is 1.44. The Balaban J connectivity index is 1.49. The molecule has 0 radical (unpaired) electrons. The van der Waals surface area contributed by atoms with Crippen molar-refractivity contribution < 1.29 is 4.79 Å². The molecule has 7 nitrogen and oxygen atoms in total. The summed E-state index contributed by atoms with van der Waals surface area (Å²) in [5.74, 6) is 0.888. The smallest absolute Gasteiger partial charge is 0.252 e. The van der Waals surface area contributed by atoms with E-state index in [0.29, 0.717) is 11.6 Å². The fourth-order valence-electron chi connectivity index (χ4n) is 3.22. The number of aryl methyl sites for hydroxylation is 1. The second-order valence-corrected chi connectivity index (χ2v) is 6.04. The van der Waals surface area contributed by atoms with Gasteiger partial charge in [-0.2, -0.15) is 4.98 Å². The molecule has 0 saturated heterocycles. The highest BCUT2D eigenvalue weighted by Crippen LogP contribution is 2.30. The summed E-state index contributed by atoms with van der Waals surface area (Å²) in [5, 5.41) is 7.37. The molecule has 1 amide bonds. The topological polar surface area (TPSA) is 98.2 Å². The molecule has 2 aromatic heterocycles. The summed E-state index contributed by atoms with van der Waals surface area (Å²) >= 11 is 0. The van der Waals surface area contributed by atoms with Gasteiger partial charge < -0.3 is 11.1 Å². The van der Waals surface area contributed by atoms with Crippen LogP contribution in [0.2, 0.25) is 0 Å². The average Bonchev–Trinajstić information content (AvgIpc) is 2.96. The van der Waals surface area contributed by atoms with E-state index in [-0.39, 0.29) is 18.4 Å². The molecule has 122 valence electrons. The van der Waals surface area contributed by atoms with Gasteiger partial charge in [0.2, 0.25) is 5.91 Å². The number of hydrogen-bond acceptors (Lipinski definition) is 5. The van der Waals surface area contributed by atoms with Crippen molar-refractivity contribution in [2.24, 2.45) is 0 Å². The van der Waals surface area contributed by atoms with E-state index < -0.39 is 0 Å². The number of benzene rings is 1. The lowest BCUT2D eigenvalue weighted by atomic mass is 9.87. The number of amides is 1. The Morgan fingerprint density at radius 2 is 2.33 bits per heavy atom. The number of nitrogens with two attached hydrogens (primary N) is 1. The molecule has 3 aromatic rings. The number of nitrogens with one attached hydrogen (secondary N) is 1. The third kappa shape index (κ3) is 2.80. The summed E-state index contributed by atoms with van der Waals surface area (Å²) in [5.41, 5.74) is 9.01. The van der Waals surface area contributed by atoms with Crippen LogP contribution in [0.4, 0.5) is 5.69 Å². The molecule has 0 fully saturated rings. The van der Waals surface area contributed by atoms with Crippen LogP contribution in [0.25, 0.3) is 5.78 Å². The van der Waals surface area contributed by atoms with E-state index in [2.05, 4.69) is 20.4 Å². The first-order valence-electron chi connectivity index (χ1n) is 8.03. The van der Waals surface area contributed by atoms with Crippen molar-refractivity contribution in [1.82, 2.24) is 24.9 Å². The number of nitrogen functional groups attached to an aromatic ring is 1. The van der Waals surface area contributed by atoms with E-state index >= 15 is 0 Å². The van der Waals surface area contributed by atoms with Crippen LogP contribution in [-0.2, 0) is 17.6 Å². The van der Waals surface area contributed by atoms with Gasteiger partial charge in [-0.05, 0) is 48.6 Å². The van der Waals surface area contributed by atoms with E-state index in [1.807, 2.05) is 18.2 Å². The van der Waals surface area contributed by atoms with Gasteiger partial charge in [0.05, 0.1) is 12.5 Å². The summed E-state index contributed by atoms with van der Waals surface area (Å²) < 4.78 is 1.57. The zero-order valence-electron chi connectivity index (χ0n) is 13.1. The SMILES string of the molecule is Nc1ccc2c(c1)CCCC2NC(=O)Cc1nc2ncccn2n1. The minimum atomic E-state index is -0.0828. The Morgan fingerprint density at radius 3 is 3.21 bits per heavy atom. The van der Waals surface area contributed by atoms with Crippen molar-refractivity contribution in [1.29, 1.82) is 0 Å². The molecular weight excluding hydrogens is 304 g/mol. The molecule has 24 heavy (non-hydrogen) atoms. The number of aromatic nitrogens is 4. The lowest BCUT2D eigenvalue weighted by Gasteiger charge is -2.26. The Hall–Kier alpha value is -2.96. The summed E-state index contributed by atoms with van der Waals surface area (Å²) in [6.45, 7) is 0. The highest BCUT2D eigenvalue weighted by Gasteiger charge is 2.22. The summed E-state index contributed by atoms with van der Waals surface area (Å²) in [7, 11) is 0. The summed E-state index contributed by atoms with van der Waals surface area (Å²) in [6, 6.07) is 7.71. The van der Waals surface area contributed by atoms with Gasteiger partial charge in [-0.15, -0.1) is 5.10 Å². The predicted molar refractivity (Wildman–Crippen MR) is 89.2 cm³/mol. The van der Waals surface area contributed by atoms with Crippen LogP contribution >= 0.6 is 0 Å². The van der Waals surface area contributed by atoms with Crippen molar-refractivity contribution in [3.8, 4) is 0 Å². The van der Waals surface area contributed by atoms with E-state index in [4.69, 9.17) is 5.73 Å². The normalized spacial score (nSPS) is 16.8. The summed E-state index contributed by atoms with van der Waals surface area (Å²) in [6.07, 6.45) is 6.54. The molecule has 3 N–H and O–H groups in total. The number of nitrogens with zero attached hydrogens (tertiary/aromatic N) is 4. The lowest BCUT2D eigenvalue weighted by Crippen LogP contribution is -2.32. The quantitative estimate of drug-likeness (QED) is 0.711. The van der Waals surface area contributed by atoms with Crippen molar-refractivity contribution in [3.63, 3.8) is 0 Å². The molecule has 1 aliphatic carbocycles. The van der Waals surface area contributed by atoms with Gasteiger partial charge in [-0.1, -0.05) is 6.07 Å². The molecule has 1 atom stereocenters. The maximum Gasteiger partial charge on any atom is 0.252 e. The van der Waals surface area contributed by atoms with Crippen molar-refractivity contribution >= 4 is 17.4 Å². The van der Waals surface area contributed by atoms with E-state index in [1.165, 1.54) is 5.56 Å². The van der Waals surface area contributed by atoms with Crippen LogP contribution in [0.1, 0.15) is 35.8 Å².